The molecule has 0 saturated heterocycles. The molecular formula is C14H17NO4S. The second-order valence-corrected chi connectivity index (χ2v) is 6.75. The Morgan fingerprint density at radius 2 is 2.00 bits per heavy atom. The molecule has 1 aromatic heterocycles. The van der Waals surface area contributed by atoms with E-state index in [9.17, 15) is 8.42 Å². The Morgan fingerprint density at radius 3 is 2.60 bits per heavy atom. The molecule has 5 nitrogen and oxygen atoms in total. The molecule has 2 rings (SSSR count). The van der Waals surface area contributed by atoms with Crippen molar-refractivity contribution in [3.63, 3.8) is 0 Å². The Bertz CT molecular complexity index is 684. The molecule has 2 aromatic rings. The number of rotatable bonds is 5. The molecule has 0 aliphatic heterocycles. The highest BCUT2D eigenvalue weighted by molar-refractivity contribution is 7.89. The van der Waals surface area contributed by atoms with Gasteiger partial charge in [-0.25, -0.2) is 8.42 Å². The topological polar surface area (TPSA) is 69.4 Å². The number of ether oxygens (including phenoxy) is 1. The third-order valence-electron chi connectivity index (χ3n) is 3.07. The van der Waals surface area contributed by atoms with Gasteiger partial charge in [-0.05, 0) is 31.5 Å². The summed E-state index contributed by atoms with van der Waals surface area (Å²) in [6, 6.07) is 7.06. The zero-order valence-corrected chi connectivity index (χ0v) is 12.5. The largest absolute Gasteiger partial charge is 0.497 e. The predicted molar refractivity (Wildman–Crippen MR) is 75.3 cm³/mol. The highest BCUT2D eigenvalue weighted by atomic mass is 32.2. The average Bonchev–Trinajstić information content (AvgIpc) is 2.70. The van der Waals surface area contributed by atoms with Gasteiger partial charge in [-0.2, -0.15) is 0 Å². The molecule has 6 heteroatoms. The molecular weight excluding hydrogens is 278 g/mol. The van der Waals surface area contributed by atoms with Crippen molar-refractivity contribution in [3.8, 4) is 5.75 Å². The van der Waals surface area contributed by atoms with Crippen LogP contribution in [0.3, 0.4) is 0 Å². The number of aromatic nitrogens is 1. The smallest absolute Gasteiger partial charge is 0.158 e. The van der Waals surface area contributed by atoms with Gasteiger partial charge in [0.1, 0.15) is 11.5 Å². The summed E-state index contributed by atoms with van der Waals surface area (Å²) in [5.74, 6) is 1.10. The van der Waals surface area contributed by atoms with E-state index in [1.807, 2.05) is 0 Å². The minimum Gasteiger partial charge on any atom is -0.497 e. The van der Waals surface area contributed by atoms with E-state index in [2.05, 4.69) is 5.16 Å². The van der Waals surface area contributed by atoms with Gasteiger partial charge in [-0.15, -0.1) is 0 Å². The van der Waals surface area contributed by atoms with Gasteiger partial charge in [0, 0.05) is 5.56 Å². The summed E-state index contributed by atoms with van der Waals surface area (Å²) in [5, 5.41) is 3.78. The second-order valence-electron chi connectivity index (χ2n) is 4.69. The fraction of sp³-hybridized carbons (Fsp3) is 0.357. The van der Waals surface area contributed by atoms with Gasteiger partial charge < -0.3 is 9.26 Å². The van der Waals surface area contributed by atoms with Gasteiger partial charge >= 0.3 is 0 Å². The fourth-order valence-electron chi connectivity index (χ4n) is 2.00. The van der Waals surface area contributed by atoms with Crippen LogP contribution < -0.4 is 4.74 Å². The van der Waals surface area contributed by atoms with Crippen LogP contribution in [0.15, 0.2) is 28.8 Å². The summed E-state index contributed by atoms with van der Waals surface area (Å²) in [5.41, 5.74) is 1.97. The highest BCUT2D eigenvalue weighted by Gasteiger charge is 2.19. The van der Waals surface area contributed by atoms with Crippen LogP contribution in [0.1, 0.15) is 22.6 Å². The molecule has 0 unspecified atom stereocenters. The van der Waals surface area contributed by atoms with E-state index >= 15 is 0 Å². The van der Waals surface area contributed by atoms with E-state index in [0.29, 0.717) is 28.3 Å². The van der Waals surface area contributed by atoms with Crippen molar-refractivity contribution in [2.24, 2.45) is 0 Å². The molecule has 1 aromatic carbocycles. The first kappa shape index (κ1) is 14.6. The SMILES string of the molecule is COc1cccc(CS(=O)(=O)Cc2c(C)noc2C)c1. The molecule has 0 fully saturated rings. The average molecular weight is 295 g/mol. The molecule has 0 aliphatic carbocycles. The van der Waals surface area contributed by atoms with Crippen LogP contribution in [-0.4, -0.2) is 20.7 Å². The van der Waals surface area contributed by atoms with Crippen LogP contribution in [-0.2, 0) is 21.3 Å². The number of hydrogen-bond acceptors (Lipinski definition) is 5. The van der Waals surface area contributed by atoms with Crippen LogP contribution in [0.25, 0.3) is 0 Å². The predicted octanol–water partition coefficient (Wildman–Crippen LogP) is 2.42. The van der Waals surface area contributed by atoms with Crippen molar-refractivity contribution < 1.29 is 17.7 Å². The first-order valence-electron chi connectivity index (χ1n) is 6.16. The Hall–Kier alpha value is -1.82. The molecule has 0 N–H and O–H groups in total. The number of sulfone groups is 1. The first-order valence-corrected chi connectivity index (χ1v) is 7.98. The maximum absolute atomic E-state index is 12.3. The third kappa shape index (κ3) is 3.39. The lowest BCUT2D eigenvalue weighted by atomic mass is 10.2. The molecule has 0 saturated carbocycles. The van der Waals surface area contributed by atoms with E-state index in [-0.39, 0.29) is 11.5 Å². The zero-order valence-electron chi connectivity index (χ0n) is 11.7. The Balaban J connectivity index is 2.19. The number of hydrogen-bond donors (Lipinski definition) is 0. The van der Waals surface area contributed by atoms with Crippen LogP contribution in [0.2, 0.25) is 0 Å². The summed E-state index contributed by atoms with van der Waals surface area (Å²) in [4.78, 5) is 0. The summed E-state index contributed by atoms with van der Waals surface area (Å²) in [7, 11) is -1.73. The number of nitrogens with zero attached hydrogens (tertiary/aromatic N) is 1. The van der Waals surface area contributed by atoms with Gasteiger partial charge in [0.2, 0.25) is 0 Å². The lowest BCUT2D eigenvalue weighted by Gasteiger charge is -2.06. The van der Waals surface area contributed by atoms with Crippen molar-refractivity contribution in [1.29, 1.82) is 0 Å². The zero-order chi connectivity index (χ0) is 14.8. The minimum atomic E-state index is -3.28. The molecule has 0 aliphatic rings. The van der Waals surface area contributed by atoms with E-state index in [1.54, 1.807) is 45.2 Å². The maximum atomic E-state index is 12.3. The van der Waals surface area contributed by atoms with Crippen molar-refractivity contribution in [2.45, 2.75) is 25.4 Å². The van der Waals surface area contributed by atoms with Gasteiger partial charge in [-0.1, -0.05) is 17.3 Å². The normalized spacial score (nSPS) is 11.6. The molecule has 0 bridgehead atoms. The van der Waals surface area contributed by atoms with E-state index in [1.165, 1.54) is 0 Å². The van der Waals surface area contributed by atoms with Gasteiger partial charge in [0.05, 0.1) is 24.3 Å². The first-order chi connectivity index (χ1) is 9.41. The van der Waals surface area contributed by atoms with E-state index in [0.717, 1.165) is 0 Å². The summed E-state index contributed by atoms with van der Waals surface area (Å²) < 4.78 is 34.6. The summed E-state index contributed by atoms with van der Waals surface area (Å²) in [6.07, 6.45) is 0. The van der Waals surface area contributed by atoms with Crippen LogP contribution in [0, 0.1) is 13.8 Å². The van der Waals surface area contributed by atoms with Crippen molar-refractivity contribution >= 4 is 9.84 Å². The second kappa shape index (κ2) is 5.66. The Labute approximate surface area is 118 Å². The summed E-state index contributed by atoms with van der Waals surface area (Å²) >= 11 is 0. The molecule has 0 spiro atoms. The van der Waals surface area contributed by atoms with Gasteiger partial charge in [0.25, 0.3) is 0 Å². The minimum absolute atomic E-state index is 0.0335. The Morgan fingerprint density at radius 1 is 1.25 bits per heavy atom. The van der Waals surface area contributed by atoms with E-state index < -0.39 is 9.84 Å². The molecule has 108 valence electrons. The molecule has 1 heterocycles. The summed E-state index contributed by atoms with van der Waals surface area (Å²) in [6.45, 7) is 3.46. The van der Waals surface area contributed by atoms with Crippen LogP contribution >= 0.6 is 0 Å². The molecule has 0 amide bonds. The van der Waals surface area contributed by atoms with Crippen molar-refractivity contribution in [3.05, 3.63) is 46.8 Å². The lowest BCUT2D eigenvalue weighted by molar-refractivity contribution is 0.392. The quantitative estimate of drug-likeness (QED) is 0.847. The monoisotopic (exact) mass is 295 g/mol. The highest BCUT2D eigenvalue weighted by Crippen LogP contribution is 2.20. The van der Waals surface area contributed by atoms with Crippen molar-refractivity contribution in [1.82, 2.24) is 5.16 Å². The Kier molecular flexibility index (Phi) is 4.13. The maximum Gasteiger partial charge on any atom is 0.158 e. The van der Waals surface area contributed by atoms with Crippen LogP contribution in [0.4, 0.5) is 0 Å². The van der Waals surface area contributed by atoms with Gasteiger partial charge in [-0.3, -0.25) is 0 Å². The lowest BCUT2D eigenvalue weighted by Crippen LogP contribution is -2.09. The van der Waals surface area contributed by atoms with Gasteiger partial charge in [0.15, 0.2) is 9.84 Å². The van der Waals surface area contributed by atoms with Crippen molar-refractivity contribution in [2.75, 3.05) is 7.11 Å². The number of aryl methyl sites for hydroxylation is 2. The molecule has 20 heavy (non-hydrogen) atoms. The molecule has 0 radical (unpaired) electrons. The number of benzene rings is 1. The molecule has 0 atom stereocenters. The number of methoxy groups -OCH3 is 1. The fourth-order valence-corrected chi connectivity index (χ4v) is 3.64. The van der Waals surface area contributed by atoms with Crippen LogP contribution in [0.5, 0.6) is 5.75 Å². The van der Waals surface area contributed by atoms with E-state index in [4.69, 9.17) is 9.26 Å². The standard InChI is InChI=1S/C14H17NO4S/c1-10-14(11(2)19-15-10)9-20(16,17)8-12-5-4-6-13(7-12)18-3/h4-7H,8-9H2,1-3H3. The third-order valence-corrected chi connectivity index (χ3v) is 4.57.